The predicted molar refractivity (Wildman–Crippen MR) is 59.4 cm³/mol. The van der Waals surface area contributed by atoms with Gasteiger partial charge in [0.15, 0.2) is 0 Å². The van der Waals surface area contributed by atoms with Crippen molar-refractivity contribution in [1.29, 1.82) is 0 Å². The molecule has 0 spiro atoms. The largest absolute Gasteiger partial charge is 0.495 e. The minimum Gasteiger partial charge on any atom is -0.495 e. The topological polar surface area (TPSA) is 60.4 Å². The first-order valence-corrected chi connectivity index (χ1v) is 3.87. The van der Waals surface area contributed by atoms with Crippen LogP contribution in [0.5, 0.6) is 5.75 Å². The Labute approximate surface area is 111 Å². The Hall–Kier alpha value is -1.15. The number of para-hydroxylation sites is 1. The minimum atomic E-state index is 0. The van der Waals surface area contributed by atoms with E-state index in [9.17, 15) is 0 Å². The molecule has 0 atom stereocenters. The molecule has 0 N–H and O–H groups in total. The summed E-state index contributed by atoms with van der Waals surface area (Å²) >= 11 is 5.70. The fourth-order valence-corrected chi connectivity index (χ4v) is 0.823. The zero-order valence-electron chi connectivity index (χ0n) is 8.85. The molecule has 1 rings (SSSR count). The van der Waals surface area contributed by atoms with Crippen LogP contribution in [-0.2, 0) is 31.7 Å². The van der Waals surface area contributed by atoms with E-state index in [-0.39, 0.29) is 17.4 Å². The van der Waals surface area contributed by atoms with Gasteiger partial charge < -0.3 is 19.1 Å². The van der Waals surface area contributed by atoms with Crippen LogP contribution in [0.2, 0.25) is 5.02 Å². The molecule has 0 fully saturated rings. The Bertz CT molecular complexity index is 243. The van der Waals surface area contributed by atoms with E-state index in [1.54, 1.807) is 13.2 Å². The Morgan fingerprint density at radius 1 is 1.00 bits per heavy atom. The van der Waals surface area contributed by atoms with E-state index in [2.05, 4.69) is 0 Å². The fourth-order valence-electron chi connectivity index (χ4n) is 0.610. The minimum absolute atomic E-state index is 0. The van der Waals surface area contributed by atoms with Crippen molar-refractivity contribution in [3.8, 4) is 5.75 Å². The van der Waals surface area contributed by atoms with Crippen LogP contribution in [0.1, 0.15) is 0 Å². The zero-order valence-corrected chi connectivity index (χ0v) is 10.9. The van der Waals surface area contributed by atoms with Crippen LogP contribution in [0.15, 0.2) is 24.3 Å². The van der Waals surface area contributed by atoms with Gasteiger partial charge in [-0.25, -0.2) is 0 Å². The molecule has 90 valence electrons. The first-order valence-electron chi connectivity index (χ1n) is 3.49. The van der Waals surface area contributed by atoms with Gasteiger partial charge in [0, 0.05) is 17.4 Å². The summed E-state index contributed by atoms with van der Waals surface area (Å²) in [6.07, 6.45) is 0. The maximum absolute atomic E-state index is 8.00. The smallest absolute Gasteiger partial charge is 0.137 e. The van der Waals surface area contributed by atoms with Gasteiger partial charge in [0.2, 0.25) is 0 Å². The molecule has 0 bridgehead atoms. The Morgan fingerprint density at radius 2 is 1.38 bits per heavy atom. The summed E-state index contributed by atoms with van der Waals surface area (Å²) in [4.78, 5) is 24.0. The number of benzene rings is 1. The summed E-state index contributed by atoms with van der Waals surface area (Å²) in [5.41, 5.74) is 0. The number of ether oxygens (including phenoxy) is 1. The zero-order chi connectivity index (χ0) is 12.7. The van der Waals surface area contributed by atoms with Crippen LogP contribution in [0.4, 0.5) is 0 Å². The van der Waals surface area contributed by atoms with Gasteiger partial charge in [0.05, 0.1) is 12.1 Å². The van der Waals surface area contributed by atoms with E-state index < -0.39 is 0 Å². The number of rotatable bonds is 1. The third-order valence-electron chi connectivity index (χ3n) is 1.06. The van der Waals surface area contributed by atoms with Gasteiger partial charge >= 0.3 is 0 Å². The van der Waals surface area contributed by atoms with Crippen molar-refractivity contribution in [1.82, 2.24) is 0 Å². The Kier molecular flexibility index (Phi) is 35.7. The molecule has 0 saturated carbocycles. The third-order valence-corrected chi connectivity index (χ3v) is 1.37. The number of hydrogen-bond donors (Lipinski definition) is 0. The molecular formula is C10H13ClCrO4. The number of methoxy groups -OCH3 is 1. The van der Waals surface area contributed by atoms with E-state index in [1.165, 1.54) is 0 Å². The van der Waals surface area contributed by atoms with Gasteiger partial charge in [0.1, 0.15) is 26.1 Å². The summed E-state index contributed by atoms with van der Waals surface area (Å²) in [7, 11) is 1.60. The SMILES string of the molecule is C=O.C=O.C=O.COc1ccccc1Cl.[Cr]. The molecule has 1 aromatic carbocycles. The van der Waals surface area contributed by atoms with Crippen LogP contribution < -0.4 is 4.74 Å². The summed E-state index contributed by atoms with van der Waals surface area (Å²) < 4.78 is 4.91. The summed E-state index contributed by atoms with van der Waals surface area (Å²) in [6, 6.07) is 7.36. The average Bonchev–Trinajstić information content (AvgIpc) is 2.37. The van der Waals surface area contributed by atoms with Crippen molar-refractivity contribution < 1.29 is 36.5 Å². The second kappa shape index (κ2) is 23.6. The predicted octanol–water partition coefficient (Wildman–Crippen LogP) is 1.79. The molecule has 0 heterocycles. The second-order valence-electron chi connectivity index (χ2n) is 1.63. The molecule has 0 radical (unpaired) electrons. The fraction of sp³-hybridized carbons (Fsp3) is 0.100. The van der Waals surface area contributed by atoms with E-state index in [0.717, 1.165) is 5.75 Å². The molecule has 0 aliphatic rings. The molecule has 6 heteroatoms. The van der Waals surface area contributed by atoms with Gasteiger partial charge in [-0.05, 0) is 12.1 Å². The summed E-state index contributed by atoms with van der Waals surface area (Å²) in [5.74, 6) is 0.721. The van der Waals surface area contributed by atoms with Crippen molar-refractivity contribution >= 4 is 32.0 Å². The normalized spacial score (nSPS) is 5.88. The molecule has 0 amide bonds. The van der Waals surface area contributed by atoms with Crippen LogP contribution in [-0.4, -0.2) is 27.5 Å². The van der Waals surface area contributed by atoms with Crippen molar-refractivity contribution in [2.45, 2.75) is 0 Å². The van der Waals surface area contributed by atoms with Crippen molar-refractivity contribution in [2.75, 3.05) is 7.11 Å². The molecule has 16 heavy (non-hydrogen) atoms. The van der Waals surface area contributed by atoms with E-state index in [0.29, 0.717) is 5.02 Å². The first-order chi connectivity index (χ1) is 7.34. The van der Waals surface area contributed by atoms with E-state index in [1.807, 2.05) is 38.6 Å². The van der Waals surface area contributed by atoms with Crippen LogP contribution in [0.3, 0.4) is 0 Å². The molecular weight excluding hydrogens is 272 g/mol. The molecule has 0 aliphatic heterocycles. The summed E-state index contributed by atoms with van der Waals surface area (Å²) in [5, 5.41) is 0.653. The van der Waals surface area contributed by atoms with Crippen LogP contribution in [0, 0.1) is 0 Å². The Balaban J connectivity index is -0.0000000900. The van der Waals surface area contributed by atoms with Gasteiger partial charge in [-0.2, -0.15) is 0 Å². The third kappa shape index (κ3) is 12.9. The molecule has 0 aromatic heterocycles. The van der Waals surface area contributed by atoms with Gasteiger partial charge in [-0.3, -0.25) is 0 Å². The standard InChI is InChI=1S/C7H7ClO.3CH2O.Cr/c1-9-7-5-3-2-4-6(7)8;3*1-2;/h2-5H,1H3;3*1H2;. The van der Waals surface area contributed by atoms with E-state index in [4.69, 9.17) is 30.7 Å². The monoisotopic (exact) mass is 284 g/mol. The van der Waals surface area contributed by atoms with E-state index >= 15 is 0 Å². The number of hydrogen-bond acceptors (Lipinski definition) is 4. The van der Waals surface area contributed by atoms with Crippen LogP contribution in [0.25, 0.3) is 0 Å². The Morgan fingerprint density at radius 3 is 1.62 bits per heavy atom. The number of halogens is 1. The maximum Gasteiger partial charge on any atom is 0.137 e. The number of carbonyl (C=O) groups is 3. The second-order valence-corrected chi connectivity index (χ2v) is 2.04. The van der Waals surface area contributed by atoms with Crippen molar-refractivity contribution in [2.24, 2.45) is 0 Å². The van der Waals surface area contributed by atoms with Gasteiger partial charge in [0.25, 0.3) is 0 Å². The first kappa shape index (κ1) is 24.2. The quantitative estimate of drug-likeness (QED) is 0.789. The van der Waals surface area contributed by atoms with Crippen molar-refractivity contribution in [3.05, 3.63) is 29.3 Å². The van der Waals surface area contributed by atoms with Crippen LogP contribution >= 0.6 is 11.6 Å². The molecule has 4 nitrogen and oxygen atoms in total. The van der Waals surface area contributed by atoms with Gasteiger partial charge in [-0.15, -0.1) is 0 Å². The van der Waals surface area contributed by atoms with Gasteiger partial charge in [-0.1, -0.05) is 23.7 Å². The molecule has 0 aliphatic carbocycles. The molecule has 0 unspecified atom stereocenters. The number of carbonyl (C=O) groups excluding carboxylic acids is 3. The maximum atomic E-state index is 8.00. The average molecular weight is 285 g/mol. The summed E-state index contributed by atoms with van der Waals surface area (Å²) in [6.45, 7) is 6.00. The van der Waals surface area contributed by atoms with Crippen molar-refractivity contribution in [3.63, 3.8) is 0 Å². The molecule has 0 saturated heterocycles. The molecule has 1 aromatic rings.